The Kier molecular flexibility index (Phi) is 7.57. The number of methoxy groups -OCH3 is 4. The van der Waals surface area contributed by atoms with Gasteiger partial charge in [0.05, 0.1) is 53.2 Å². The third kappa shape index (κ3) is 4.75. The molecule has 0 saturated carbocycles. The van der Waals surface area contributed by atoms with Crippen molar-refractivity contribution in [1.29, 1.82) is 0 Å². The van der Waals surface area contributed by atoms with Crippen LogP contribution in [0.25, 0.3) is 0 Å². The molecule has 7 rings (SSSR count). The molecule has 3 aromatic carbocycles. The second-order valence-electron chi connectivity index (χ2n) is 11.4. The van der Waals surface area contributed by atoms with Crippen molar-refractivity contribution in [3.8, 4) is 40.2 Å². The molecule has 0 bridgehead atoms. The molecule has 11 nitrogen and oxygen atoms in total. The molecule has 0 radical (unpaired) electrons. The van der Waals surface area contributed by atoms with Crippen LogP contribution in [-0.4, -0.2) is 72.1 Å². The molecule has 0 spiro atoms. The zero-order valence-corrected chi connectivity index (χ0v) is 25.1. The van der Waals surface area contributed by atoms with Crippen LogP contribution in [0.5, 0.6) is 40.2 Å². The summed E-state index contributed by atoms with van der Waals surface area (Å²) in [7, 11) is 6.40. The van der Waals surface area contributed by atoms with Crippen molar-refractivity contribution in [2.24, 2.45) is 11.8 Å². The van der Waals surface area contributed by atoms with Crippen LogP contribution in [-0.2, 0) is 20.6 Å². The minimum absolute atomic E-state index is 0.0136. The number of ether oxygens (including phenoxy) is 10. The van der Waals surface area contributed by atoms with E-state index in [0.717, 1.165) is 28.2 Å². The van der Waals surface area contributed by atoms with Gasteiger partial charge in [-0.05, 0) is 47.9 Å². The molecule has 0 unspecified atom stereocenters. The highest BCUT2D eigenvalue weighted by molar-refractivity contribution is 5.53. The van der Waals surface area contributed by atoms with Gasteiger partial charge < -0.3 is 52.5 Å². The van der Waals surface area contributed by atoms with Crippen molar-refractivity contribution in [3.63, 3.8) is 0 Å². The van der Waals surface area contributed by atoms with Crippen molar-refractivity contribution in [3.05, 3.63) is 65.2 Å². The maximum absolute atomic E-state index is 11.9. The largest absolute Gasteiger partial charge is 0.496 e. The molecule has 6 atom stereocenters. The van der Waals surface area contributed by atoms with E-state index in [4.69, 9.17) is 47.4 Å². The van der Waals surface area contributed by atoms with Gasteiger partial charge in [0.25, 0.3) is 0 Å². The number of para-hydroxylation sites is 1. The molecule has 2 fully saturated rings. The molecule has 4 aliphatic heterocycles. The Balaban J connectivity index is 1.17. The van der Waals surface area contributed by atoms with Gasteiger partial charge in [0.15, 0.2) is 28.6 Å². The van der Waals surface area contributed by atoms with Crippen LogP contribution in [0.4, 0.5) is 0 Å². The lowest BCUT2D eigenvalue weighted by Crippen LogP contribution is -2.47. The van der Waals surface area contributed by atoms with Crippen LogP contribution in [0.2, 0.25) is 0 Å². The molecular formula is C33H36O11. The van der Waals surface area contributed by atoms with Gasteiger partial charge in [0.2, 0.25) is 18.8 Å². The summed E-state index contributed by atoms with van der Waals surface area (Å²) < 4.78 is 58.7. The fourth-order valence-electron chi connectivity index (χ4n) is 6.71. The molecule has 2 saturated heterocycles. The predicted octanol–water partition coefficient (Wildman–Crippen LogP) is 4.23. The third-order valence-corrected chi connectivity index (χ3v) is 8.93. The monoisotopic (exact) mass is 608 g/mol. The standard InChI is InChI=1S/C33H36O11/c1-35-14-20-10-19-11-21(27(38-4)13-26(19)43-29(20)18-8-9-23-28(12-18)42-17-41-23)30-22-15-39-32(33(22,34)16-40-30)44-31-24(36-2)6-5-7-25(31)37-3/h5-9,11-13,20,22,29-30,32,34H,10,14-17H2,1-4H3/t20-,22+,29-,30+,32+,33+/m0/s1. The van der Waals surface area contributed by atoms with E-state index in [0.29, 0.717) is 41.8 Å². The number of hydrogen-bond acceptors (Lipinski definition) is 11. The SMILES string of the molecule is COC[C@@H]1Cc2cc([C@H]3OC[C@]4(O)[C@@H](Oc5c(OC)cccc5OC)OC[C@H]34)c(OC)cc2O[C@H]1c1ccc2c(c1)OCO2. The molecule has 4 heterocycles. The van der Waals surface area contributed by atoms with E-state index in [-0.39, 0.29) is 32.0 Å². The first kappa shape index (κ1) is 28.8. The summed E-state index contributed by atoms with van der Waals surface area (Å²) in [6.07, 6.45) is -1.05. The average Bonchev–Trinajstić information content (AvgIpc) is 3.74. The van der Waals surface area contributed by atoms with E-state index in [1.165, 1.54) is 0 Å². The maximum Gasteiger partial charge on any atom is 0.232 e. The summed E-state index contributed by atoms with van der Waals surface area (Å²) in [5, 5.41) is 11.9. The predicted molar refractivity (Wildman–Crippen MR) is 155 cm³/mol. The van der Waals surface area contributed by atoms with Crippen LogP contribution >= 0.6 is 0 Å². The summed E-state index contributed by atoms with van der Waals surface area (Å²) in [4.78, 5) is 0. The van der Waals surface area contributed by atoms with Gasteiger partial charge in [-0.1, -0.05) is 12.1 Å². The van der Waals surface area contributed by atoms with E-state index >= 15 is 0 Å². The van der Waals surface area contributed by atoms with E-state index in [2.05, 4.69) is 6.07 Å². The Bertz CT molecular complexity index is 1500. The molecule has 44 heavy (non-hydrogen) atoms. The second kappa shape index (κ2) is 11.6. The number of rotatable bonds is 9. The molecule has 0 aliphatic carbocycles. The Morgan fingerprint density at radius 3 is 2.36 bits per heavy atom. The number of benzene rings is 3. The molecule has 0 amide bonds. The molecule has 3 aromatic rings. The Labute approximate surface area is 255 Å². The molecular weight excluding hydrogens is 572 g/mol. The summed E-state index contributed by atoms with van der Waals surface area (Å²) in [5.41, 5.74) is 1.38. The topological polar surface area (TPSA) is 113 Å². The van der Waals surface area contributed by atoms with Crippen LogP contribution < -0.4 is 33.2 Å². The van der Waals surface area contributed by atoms with E-state index < -0.39 is 23.9 Å². The van der Waals surface area contributed by atoms with Gasteiger partial charge in [0.1, 0.15) is 17.6 Å². The zero-order chi connectivity index (χ0) is 30.4. The normalized spacial score (nSPS) is 28.2. The number of fused-ring (bicyclic) bond motifs is 3. The van der Waals surface area contributed by atoms with E-state index in [9.17, 15) is 5.11 Å². The highest BCUT2D eigenvalue weighted by atomic mass is 16.7. The van der Waals surface area contributed by atoms with Crippen LogP contribution in [0.3, 0.4) is 0 Å². The minimum Gasteiger partial charge on any atom is -0.496 e. The first-order valence-corrected chi connectivity index (χ1v) is 14.6. The van der Waals surface area contributed by atoms with Crippen LogP contribution in [0.15, 0.2) is 48.5 Å². The van der Waals surface area contributed by atoms with Crippen molar-refractivity contribution < 1.29 is 52.5 Å². The number of hydrogen-bond donors (Lipinski definition) is 1. The third-order valence-electron chi connectivity index (χ3n) is 8.93. The summed E-state index contributed by atoms with van der Waals surface area (Å²) in [6.45, 7) is 0.945. The maximum atomic E-state index is 11.9. The molecule has 11 heteroatoms. The Morgan fingerprint density at radius 2 is 1.61 bits per heavy atom. The Morgan fingerprint density at radius 1 is 0.841 bits per heavy atom. The highest BCUT2D eigenvalue weighted by Gasteiger charge is 2.61. The molecule has 4 aliphatic rings. The first-order chi connectivity index (χ1) is 21.5. The quantitative estimate of drug-likeness (QED) is 0.377. The van der Waals surface area contributed by atoms with Crippen LogP contribution in [0.1, 0.15) is 28.9 Å². The van der Waals surface area contributed by atoms with Gasteiger partial charge in [-0.3, -0.25) is 0 Å². The summed E-state index contributed by atoms with van der Waals surface area (Å²) >= 11 is 0. The minimum atomic E-state index is -1.42. The van der Waals surface area contributed by atoms with Crippen molar-refractivity contribution in [2.75, 3.05) is 55.1 Å². The van der Waals surface area contributed by atoms with Gasteiger partial charge in [-0.2, -0.15) is 0 Å². The van der Waals surface area contributed by atoms with Crippen molar-refractivity contribution >= 4 is 0 Å². The lowest BCUT2D eigenvalue weighted by molar-refractivity contribution is -0.153. The van der Waals surface area contributed by atoms with Crippen LogP contribution in [0, 0.1) is 11.8 Å². The van der Waals surface area contributed by atoms with Gasteiger partial charge in [-0.15, -0.1) is 0 Å². The second-order valence-corrected chi connectivity index (χ2v) is 11.4. The first-order valence-electron chi connectivity index (χ1n) is 14.6. The van der Waals surface area contributed by atoms with E-state index in [1.807, 2.05) is 24.3 Å². The molecule has 0 aromatic heterocycles. The average molecular weight is 609 g/mol. The summed E-state index contributed by atoms with van der Waals surface area (Å²) in [6, 6.07) is 15.2. The highest BCUT2D eigenvalue weighted by Crippen LogP contribution is 2.53. The van der Waals surface area contributed by atoms with Gasteiger partial charge in [-0.25, -0.2) is 0 Å². The van der Waals surface area contributed by atoms with Crippen molar-refractivity contribution in [2.45, 2.75) is 30.5 Å². The van der Waals surface area contributed by atoms with Gasteiger partial charge >= 0.3 is 0 Å². The fraction of sp³-hybridized carbons (Fsp3) is 0.455. The van der Waals surface area contributed by atoms with E-state index in [1.54, 1.807) is 46.6 Å². The Hall–Kier alpha value is -3.90. The lowest BCUT2D eigenvalue weighted by Gasteiger charge is -2.35. The summed E-state index contributed by atoms with van der Waals surface area (Å²) in [5.74, 6) is 3.67. The fourth-order valence-corrected chi connectivity index (χ4v) is 6.71. The zero-order valence-electron chi connectivity index (χ0n) is 25.1. The number of aliphatic hydroxyl groups is 1. The van der Waals surface area contributed by atoms with Crippen molar-refractivity contribution in [1.82, 2.24) is 0 Å². The molecule has 1 N–H and O–H groups in total. The lowest BCUT2D eigenvalue weighted by atomic mass is 9.83. The van der Waals surface area contributed by atoms with Gasteiger partial charge in [0, 0.05) is 24.7 Å². The molecule has 234 valence electrons. The smallest absolute Gasteiger partial charge is 0.232 e.